The lowest BCUT2D eigenvalue weighted by atomic mass is 9.96. The van der Waals surface area contributed by atoms with Crippen molar-refractivity contribution in [1.29, 1.82) is 0 Å². The van der Waals surface area contributed by atoms with Crippen molar-refractivity contribution in [2.45, 2.75) is 25.8 Å². The standard InChI is InChI=1S/C23H23Cl2N3O3/c1-23(2)13-27(16-6-3-14(24)4-7-16)9-10-28(23)20(29)12-18-17-11-15(25)5-8-19(17)26-21(18)22(30)31/h3-8,11,26H,9-10,12-13H2,1-2H3,(H,30,31). The van der Waals surface area contributed by atoms with Gasteiger partial charge in [0.05, 0.1) is 12.0 Å². The molecule has 6 nitrogen and oxygen atoms in total. The van der Waals surface area contributed by atoms with Gasteiger partial charge in [-0.2, -0.15) is 0 Å². The summed E-state index contributed by atoms with van der Waals surface area (Å²) in [5.41, 5.74) is 1.77. The number of fused-ring (bicyclic) bond motifs is 1. The highest BCUT2D eigenvalue weighted by Gasteiger charge is 2.37. The van der Waals surface area contributed by atoms with Crippen LogP contribution in [0.2, 0.25) is 10.0 Å². The number of benzene rings is 2. The van der Waals surface area contributed by atoms with Gasteiger partial charge in [0.2, 0.25) is 5.91 Å². The summed E-state index contributed by atoms with van der Waals surface area (Å²) >= 11 is 12.1. The number of aromatic nitrogens is 1. The fraction of sp³-hybridized carbons (Fsp3) is 0.304. The molecule has 2 heterocycles. The van der Waals surface area contributed by atoms with Gasteiger partial charge in [-0.15, -0.1) is 0 Å². The number of amides is 1. The van der Waals surface area contributed by atoms with Crippen LogP contribution in [0.4, 0.5) is 5.69 Å². The Labute approximate surface area is 190 Å². The third-order valence-corrected chi connectivity index (χ3v) is 6.29. The highest BCUT2D eigenvalue weighted by molar-refractivity contribution is 6.31. The molecule has 2 N–H and O–H groups in total. The number of carboxylic acids is 1. The lowest BCUT2D eigenvalue weighted by Crippen LogP contribution is -2.61. The largest absolute Gasteiger partial charge is 0.477 e. The Balaban J connectivity index is 1.58. The average molecular weight is 460 g/mol. The summed E-state index contributed by atoms with van der Waals surface area (Å²) < 4.78 is 0. The Morgan fingerprint density at radius 3 is 2.39 bits per heavy atom. The van der Waals surface area contributed by atoms with Crippen molar-refractivity contribution in [3.8, 4) is 0 Å². The second-order valence-corrected chi connectivity index (χ2v) is 9.28. The zero-order chi connectivity index (χ0) is 22.3. The quantitative estimate of drug-likeness (QED) is 0.584. The van der Waals surface area contributed by atoms with Crippen LogP contribution < -0.4 is 4.90 Å². The van der Waals surface area contributed by atoms with Crippen LogP contribution >= 0.6 is 23.2 Å². The first-order valence-corrected chi connectivity index (χ1v) is 10.8. The van der Waals surface area contributed by atoms with Crippen LogP contribution in [0.15, 0.2) is 42.5 Å². The van der Waals surface area contributed by atoms with Crippen LogP contribution in [0.5, 0.6) is 0 Å². The van der Waals surface area contributed by atoms with E-state index in [2.05, 4.69) is 9.88 Å². The zero-order valence-corrected chi connectivity index (χ0v) is 18.8. The molecule has 0 saturated carbocycles. The van der Waals surface area contributed by atoms with E-state index in [0.717, 1.165) is 5.69 Å². The minimum atomic E-state index is -1.10. The molecule has 1 aliphatic rings. The third kappa shape index (κ3) is 4.23. The number of aromatic amines is 1. The number of halogens is 2. The second-order valence-electron chi connectivity index (χ2n) is 8.41. The number of hydrogen-bond acceptors (Lipinski definition) is 3. The number of nitrogens with one attached hydrogen (secondary N) is 1. The van der Waals surface area contributed by atoms with Gasteiger partial charge in [-0.1, -0.05) is 23.2 Å². The van der Waals surface area contributed by atoms with E-state index in [-0.39, 0.29) is 18.0 Å². The fourth-order valence-corrected chi connectivity index (χ4v) is 4.62. The summed E-state index contributed by atoms with van der Waals surface area (Å²) in [6, 6.07) is 12.8. The molecule has 8 heteroatoms. The molecule has 1 fully saturated rings. The lowest BCUT2D eigenvalue weighted by Gasteiger charge is -2.48. The first-order chi connectivity index (χ1) is 14.7. The second kappa shape index (κ2) is 8.09. The number of aromatic carboxylic acids is 1. The van der Waals surface area contributed by atoms with Crippen molar-refractivity contribution < 1.29 is 14.7 Å². The van der Waals surface area contributed by atoms with Crippen molar-refractivity contribution in [2.24, 2.45) is 0 Å². The number of carbonyl (C=O) groups is 2. The first kappa shape index (κ1) is 21.5. The Morgan fingerprint density at radius 1 is 1.06 bits per heavy atom. The smallest absolute Gasteiger partial charge is 0.352 e. The number of anilines is 1. The molecular formula is C23H23Cl2N3O3. The molecule has 0 radical (unpaired) electrons. The van der Waals surface area contributed by atoms with Gasteiger partial charge in [-0.25, -0.2) is 4.79 Å². The Bertz CT molecular complexity index is 1150. The number of nitrogens with zero attached hydrogens (tertiary/aromatic N) is 2. The van der Waals surface area contributed by atoms with Gasteiger partial charge in [0.1, 0.15) is 5.69 Å². The lowest BCUT2D eigenvalue weighted by molar-refractivity contribution is -0.136. The van der Waals surface area contributed by atoms with Gasteiger partial charge in [0, 0.05) is 51.8 Å². The predicted octanol–water partition coefficient (Wildman–Crippen LogP) is 4.84. The fourth-order valence-electron chi connectivity index (χ4n) is 4.32. The molecule has 2 aromatic carbocycles. The highest BCUT2D eigenvalue weighted by atomic mass is 35.5. The number of H-pyrrole nitrogens is 1. The summed E-state index contributed by atoms with van der Waals surface area (Å²) in [6.07, 6.45) is -0.00759. The van der Waals surface area contributed by atoms with E-state index >= 15 is 0 Å². The van der Waals surface area contributed by atoms with E-state index in [9.17, 15) is 14.7 Å². The van der Waals surface area contributed by atoms with E-state index in [1.165, 1.54) is 0 Å². The van der Waals surface area contributed by atoms with Crippen LogP contribution in [0.1, 0.15) is 29.9 Å². The Morgan fingerprint density at radius 2 is 1.74 bits per heavy atom. The molecule has 3 aromatic rings. The van der Waals surface area contributed by atoms with Crippen LogP contribution in [0, 0.1) is 0 Å². The van der Waals surface area contributed by atoms with Crippen molar-refractivity contribution in [3.63, 3.8) is 0 Å². The summed E-state index contributed by atoms with van der Waals surface area (Å²) in [5, 5.41) is 11.5. The molecule has 4 rings (SSSR count). The van der Waals surface area contributed by atoms with E-state index in [1.54, 1.807) is 18.2 Å². The Hall–Kier alpha value is -2.70. The van der Waals surface area contributed by atoms with Crippen LogP contribution in [0.3, 0.4) is 0 Å². The predicted molar refractivity (Wildman–Crippen MR) is 123 cm³/mol. The molecule has 0 bridgehead atoms. The van der Waals surface area contributed by atoms with Crippen LogP contribution in [-0.4, -0.2) is 52.0 Å². The SMILES string of the molecule is CC1(C)CN(c2ccc(Cl)cc2)CCN1C(=O)Cc1c(C(=O)O)[nH]c2ccc(Cl)cc12. The minimum absolute atomic E-state index is 0.00759. The Kier molecular flexibility index (Phi) is 5.62. The van der Waals surface area contributed by atoms with Crippen molar-refractivity contribution in [1.82, 2.24) is 9.88 Å². The number of piperazine rings is 1. The van der Waals surface area contributed by atoms with Crippen LogP contribution in [-0.2, 0) is 11.2 Å². The van der Waals surface area contributed by atoms with Crippen molar-refractivity contribution in [2.75, 3.05) is 24.5 Å². The van der Waals surface area contributed by atoms with E-state index in [1.807, 2.05) is 43.0 Å². The highest BCUT2D eigenvalue weighted by Crippen LogP contribution is 2.30. The maximum absolute atomic E-state index is 13.3. The topological polar surface area (TPSA) is 76.6 Å². The van der Waals surface area contributed by atoms with Gasteiger partial charge in [0.15, 0.2) is 0 Å². The summed E-state index contributed by atoms with van der Waals surface area (Å²) in [7, 11) is 0. The molecule has 0 spiro atoms. The number of carbonyl (C=O) groups excluding carboxylic acids is 1. The van der Waals surface area contributed by atoms with E-state index in [0.29, 0.717) is 46.1 Å². The molecule has 162 valence electrons. The van der Waals surface area contributed by atoms with Crippen molar-refractivity contribution in [3.05, 3.63) is 63.8 Å². The van der Waals surface area contributed by atoms with Gasteiger partial charge >= 0.3 is 5.97 Å². The molecular weight excluding hydrogens is 437 g/mol. The molecule has 0 atom stereocenters. The normalized spacial score (nSPS) is 16.0. The maximum atomic E-state index is 13.3. The average Bonchev–Trinajstić information content (AvgIpc) is 3.05. The maximum Gasteiger partial charge on any atom is 0.352 e. The number of rotatable bonds is 4. The first-order valence-electron chi connectivity index (χ1n) is 10.00. The zero-order valence-electron chi connectivity index (χ0n) is 17.3. The monoisotopic (exact) mass is 459 g/mol. The molecule has 1 aromatic heterocycles. The van der Waals surface area contributed by atoms with Gasteiger partial charge in [-0.3, -0.25) is 4.79 Å². The van der Waals surface area contributed by atoms with Gasteiger partial charge in [0.25, 0.3) is 0 Å². The molecule has 1 amide bonds. The summed E-state index contributed by atoms with van der Waals surface area (Å²) in [6.45, 7) is 5.93. The minimum Gasteiger partial charge on any atom is -0.477 e. The molecule has 0 unspecified atom stereocenters. The van der Waals surface area contributed by atoms with Crippen molar-refractivity contribution >= 4 is 51.7 Å². The van der Waals surface area contributed by atoms with E-state index in [4.69, 9.17) is 23.2 Å². The molecule has 0 aliphatic carbocycles. The molecule has 31 heavy (non-hydrogen) atoms. The van der Waals surface area contributed by atoms with E-state index < -0.39 is 11.5 Å². The summed E-state index contributed by atoms with van der Waals surface area (Å²) in [4.78, 5) is 32.1. The number of carboxylic acid groups (broad SMARTS) is 1. The molecule has 1 saturated heterocycles. The third-order valence-electron chi connectivity index (χ3n) is 5.80. The van der Waals surface area contributed by atoms with Gasteiger partial charge < -0.3 is 19.9 Å². The molecule has 1 aliphatic heterocycles. The van der Waals surface area contributed by atoms with Crippen LogP contribution in [0.25, 0.3) is 10.9 Å². The summed E-state index contributed by atoms with van der Waals surface area (Å²) in [5.74, 6) is -1.20. The van der Waals surface area contributed by atoms with Gasteiger partial charge in [-0.05, 0) is 56.3 Å². The number of hydrogen-bond donors (Lipinski definition) is 2.